The van der Waals surface area contributed by atoms with Gasteiger partial charge in [0.15, 0.2) is 0 Å². The topological polar surface area (TPSA) is 98.4 Å². The number of nitriles is 1. The van der Waals surface area contributed by atoms with Crippen molar-refractivity contribution in [1.82, 2.24) is 0 Å². The molecule has 0 rings (SSSR count). The number of rotatable bonds is 3. The van der Waals surface area contributed by atoms with Gasteiger partial charge in [0.1, 0.15) is 0 Å². The third kappa shape index (κ3) is 1.29. The zero-order valence-corrected chi connectivity index (χ0v) is 5.87. The van der Waals surface area contributed by atoms with E-state index in [1.54, 1.807) is 0 Å². The predicted octanol–water partition coefficient (Wildman–Crippen LogP) is 0.0756. The molecule has 0 saturated heterocycles. The van der Waals surface area contributed by atoms with Crippen LogP contribution in [0.25, 0.3) is 0 Å². The maximum absolute atomic E-state index is 10.3. The van der Waals surface area contributed by atoms with Crippen LogP contribution in [0.1, 0.15) is 13.3 Å². The summed E-state index contributed by atoms with van der Waals surface area (Å²) < 4.78 is 0. The summed E-state index contributed by atoms with van der Waals surface area (Å²) in [6.45, 7) is 1.34. The number of carboxylic acids is 2. The molecule has 5 heteroatoms. The average Bonchev–Trinajstić information content (AvgIpc) is 1.90. The summed E-state index contributed by atoms with van der Waals surface area (Å²) in [6, 6.07) is 1.27. The summed E-state index contributed by atoms with van der Waals surface area (Å²) in [6.07, 6.45) is -0.242. The molecule has 0 aliphatic carbocycles. The predicted molar refractivity (Wildman–Crippen MR) is 33.6 cm³/mol. The van der Waals surface area contributed by atoms with Gasteiger partial charge in [-0.05, 0) is 6.42 Å². The second-order valence-corrected chi connectivity index (χ2v) is 1.98. The Balaban J connectivity index is 4.96. The highest BCUT2D eigenvalue weighted by molar-refractivity contribution is 6.01. The lowest BCUT2D eigenvalue weighted by Crippen LogP contribution is -2.37. The van der Waals surface area contributed by atoms with Crippen LogP contribution in [0.5, 0.6) is 0 Å². The first-order valence-corrected chi connectivity index (χ1v) is 2.89. The lowest BCUT2D eigenvalue weighted by molar-refractivity contribution is -0.160. The van der Waals surface area contributed by atoms with Crippen molar-refractivity contribution < 1.29 is 19.8 Å². The van der Waals surface area contributed by atoms with Crippen LogP contribution in [-0.2, 0) is 9.59 Å². The van der Waals surface area contributed by atoms with Gasteiger partial charge in [-0.2, -0.15) is 5.26 Å². The van der Waals surface area contributed by atoms with E-state index in [4.69, 9.17) is 15.5 Å². The van der Waals surface area contributed by atoms with Crippen molar-refractivity contribution in [2.24, 2.45) is 5.41 Å². The Labute approximate surface area is 62.9 Å². The van der Waals surface area contributed by atoms with Crippen LogP contribution in [0.15, 0.2) is 0 Å². The molecule has 0 aliphatic rings. The SMILES string of the molecule is CCC(C#N)(C(=O)O)C(=O)O. The Morgan fingerprint density at radius 3 is 1.82 bits per heavy atom. The molecule has 2 N–H and O–H groups in total. The third-order valence-corrected chi connectivity index (χ3v) is 1.45. The molecule has 0 aliphatic heterocycles. The Morgan fingerprint density at radius 1 is 1.45 bits per heavy atom. The monoisotopic (exact) mass is 157 g/mol. The Bertz CT molecular complexity index is 213. The third-order valence-electron chi connectivity index (χ3n) is 1.45. The van der Waals surface area contributed by atoms with Crippen LogP contribution in [-0.4, -0.2) is 22.2 Å². The van der Waals surface area contributed by atoms with Crippen molar-refractivity contribution in [3.63, 3.8) is 0 Å². The van der Waals surface area contributed by atoms with Crippen LogP contribution >= 0.6 is 0 Å². The molecule has 0 amide bonds. The Hall–Kier alpha value is -1.57. The van der Waals surface area contributed by atoms with Gasteiger partial charge in [-0.1, -0.05) is 6.92 Å². The maximum atomic E-state index is 10.3. The Morgan fingerprint density at radius 2 is 1.82 bits per heavy atom. The molecule has 0 atom stereocenters. The minimum Gasteiger partial charge on any atom is -0.480 e. The minimum absolute atomic E-state index is 0.242. The van der Waals surface area contributed by atoms with Gasteiger partial charge in [0.25, 0.3) is 0 Å². The number of hydrogen-bond acceptors (Lipinski definition) is 3. The van der Waals surface area contributed by atoms with Crippen molar-refractivity contribution >= 4 is 11.9 Å². The molecule has 0 aromatic heterocycles. The molecule has 0 heterocycles. The molecule has 0 saturated carbocycles. The van der Waals surface area contributed by atoms with E-state index in [9.17, 15) is 9.59 Å². The van der Waals surface area contributed by atoms with Gasteiger partial charge in [-0.3, -0.25) is 0 Å². The molecule has 0 aromatic rings. The van der Waals surface area contributed by atoms with Crippen LogP contribution in [0.2, 0.25) is 0 Å². The molecular formula is C6H7NO4. The fourth-order valence-electron chi connectivity index (χ4n) is 0.569. The highest BCUT2D eigenvalue weighted by Crippen LogP contribution is 2.20. The van der Waals surface area contributed by atoms with Gasteiger partial charge in [0.05, 0.1) is 6.07 Å². The van der Waals surface area contributed by atoms with Crippen LogP contribution in [0.3, 0.4) is 0 Å². The fraction of sp³-hybridized carbons (Fsp3) is 0.500. The van der Waals surface area contributed by atoms with E-state index < -0.39 is 17.4 Å². The first-order chi connectivity index (χ1) is 5.01. The van der Waals surface area contributed by atoms with Gasteiger partial charge < -0.3 is 10.2 Å². The standard InChI is InChI=1S/C6H7NO4/c1-2-6(3-7,4(8)9)5(10)11/h2H2,1H3,(H,8,9)(H,10,11). The zero-order chi connectivity index (χ0) is 9.07. The first kappa shape index (κ1) is 9.43. The molecule has 11 heavy (non-hydrogen) atoms. The van der Waals surface area contributed by atoms with E-state index in [1.165, 1.54) is 13.0 Å². The lowest BCUT2D eigenvalue weighted by atomic mass is 9.87. The molecule has 0 fully saturated rings. The maximum Gasteiger partial charge on any atom is 0.335 e. The quantitative estimate of drug-likeness (QED) is 0.565. The van der Waals surface area contributed by atoms with Crippen molar-refractivity contribution in [2.75, 3.05) is 0 Å². The van der Waals surface area contributed by atoms with Crippen molar-refractivity contribution in [3.05, 3.63) is 0 Å². The van der Waals surface area contributed by atoms with E-state index in [2.05, 4.69) is 0 Å². The molecule has 0 unspecified atom stereocenters. The number of hydrogen-bond donors (Lipinski definition) is 2. The summed E-state index contributed by atoms with van der Waals surface area (Å²) >= 11 is 0. The second kappa shape index (κ2) is 3.01. The van der Waals surface area contributed by atoms with E-state index in [-0.39, 0.29) is 6.42 Å². The summed E-state index contributed by atoms with van der Waals surface area (Å²) in [5, 5.41) is 25.1. The van der Waals surface area contributed by atoms with Crippen molar-refractivity contribution in [3.8, 4) is 6.07 Å². The Kier molecular flexibility index (Phi) is 2.58. The first-order valence-electron chi connectivity index (χ1n) is 2.89. The smallest absolute Gasteiger partial charge is 0.335 e. The molecule has 5 nitrogen and oxygen atoms in total. The van der Waals surface area contributed by atoms with Crippen LogP contribution in [0, 0.1) is 16.7 Å². The summed E-state index contributed by atoms with van der Waals surface area (Å²) in [7, 11) is 0. The summed E-state index contributed by atoms with van der Waals surface area (Å²) in [4.78, 5) is 20.6. The fourth-order valence-corrected chi connectivity index (χ4v) is 0.569. The van der Waals surface area contributed by atoms with Gasteiger partial charge in [-0.15, -0.1) is 0 Å². The largest absolute Gasteiger partial charge is 0.480 e. The highest BCUT2D eigenvalue weighted by Gasteiger charge is 2.45. The normalized spacial score (nSPS) is 10.2. The molecule has 0 aromatic carbocycles. The molecule has 0 spiro atoms. The number of aliphatic carboxylic acids is 2. The van der Waals surface area contributed by atoms with Gasteiger partial charge in [-0.25, -0.2) is 9.59 Å². The number of nitrogens with zero attached hydrogens (tertiary/aromatic N) is 1. The van der Waals surface area contributed by atoms with E-state index in [0.29, 0.717) is 0 Å². The van der Waals surface area contributed by atoms with E-state index in [0.717, 1.165) is 0 Å². The van der Waals surface area contributed by atoms with Crippen molar-refractivity contribution in [1.29, 1.82) is 5.26 Å². The van der Waals surface area contributed by atoms with Gasteiger partial charge >= 0.3 is 11.9 Å². The van der Waals surface area contributed by atoms with Crippen molar-refractivity contribution in [2.45, 2.75) is 13.3 Å². The van der Waals surface area contributed by atoms with Gasteiger partial charge in [0.2, 0.25) is 5.41 Å². The zero-order valence-electron chi connectivity index (χ0n) is 5.87. The van der Waals surface area contributed by atoms with E-state index >= 15 is 0 Å². The molecular weight excluding hydrogens is 150 g/mol. The molecule has 60 valence electrons. The minimum atomic E-state index is -2.28. The van der Waals surface area contributed by atoms with Crippen LogP contribution in [0.4, 0.5) is 0 Å². The molecule has 0 radical (unpaired) electrons. The second-order valence-electron chi connectivity index (χ2n) is 1.98. The molecule has 0 bridgehead atoms. The van der Waals surface area contributed by atoms with Crippen LogP contribution < -0.4 is 0 Å². The van der Waals surface area contributed by atoms with Gasteiger partial charge in [0, 0.05) is 0 Å². The number of carbonyl (C=O) groups is 2. The summed E-state index contributed by atoms with van der Waals surface area (Å²) in [5.74, 6) is -3.23. The summed E-state index contributed by atoms with van der Waals surface area (Å²) in [5.41, 5.74) is -2.28. The average molecular weight is 157 g/mol. The van der Waals surface area contributed by atoms with E-state index in [1.807, 2.05) is 0 Å². The lowest BCUT2D eigenvalue weighted by Gasteiger charge is -2.12. The number of carboxylic acid groups (broad SMARTS) is 2. The highest BCUT2D eigenvalue weighted by atomic mass is 16.4.